The Bertz CT molecular complexity index is 612. The van der Waals surface area contributed by atoms with Gasteiger partial charge in [0.1, 0.15) is 0 Å². The smallest absolute Gasteiger partial charge is 0.0912 e. The summed E-state index contributed by atoms with van der Waals surface area (Å²) in [6, 6.07) is 6.25. The van der Waals surface area contributed by atoms with E-state index in [1.54, 1.807) is 0 Å². The van der Waals surface area contributed by atoms with Gasteiger partial charge >= 0.3 is 0 Å². The Morgan fingerprint density at radius 1 is 1.21 bits per heavy atom. The van der Waals surface area contributed by atoms with Crippen LogP contribution in [0.25, 0.3) is 10.9 Å². The lowest BCUT2D eigenvalue weighted by Crippen LogP contribution is -2.14. The van der Waals surface area contributed by atoms with Gasteiger partial charge in [-0.2, -0.15) is 0 Å². The molecule has 2 nitrogen and oxygen atoms in total. The summed E-state index contributed by atoms with van der Waals surface area (Å²) in [6.45, 7) is 11.5. The zero-order chi connectivity index (χ0) is 14.2. The first-order valence-corrected chi connectivity index (χ1v) is 7.06. The molecule has 0 radical (unpaired) electrons. The molecule has 0 atom stereocenters. The van der Waals surface area contributed by atoms with Crippen molar-refractivity contribution in [3.63, 3.8) is 0 Å². The molecule has 0 unspecified atom stereocenters. The predicted octanol–water partition coefficient (Wildman–Crippen LogP) is 4.93. The Kier molecular flexibility index (Phi) is 3.73. The summed E-state index contributed by atoms with van der Waals surface area (Å²) in [7, 11) is 0. The van der Waals surface area contributed by atoms with Crippen LogP contribution >= 0.6 is 11.6 Å². The third kappa shape index (κ3) is 2.84. The van der Waals surface area contributed by atoms with E-state index < -0.39 is 0 Å². The first-order valence-electron chi connectivity index (χ1n) is 6.68. The average molecular weight is 277 g/mol. The Morgan fingerprint density at radius 3 is 2.47 bits per heavy atom. The highest BCUT2D eigenvalue weighted by Crippen LogP contribution is 2.33. The molecule has 0 spiro atoms. The van der Waals surface area contributed by atoms with Gasteiger partial charge in [0.05, 0.1) is 10.5 Å². The quantitative estimate of drug-likeness (QED) is 0.842. The molecule has 1 aromatic heterocycles. The number of nitrogens with one attached hydrogen (secondary N) is 1. The maximum absolute atomic E-state index is 6.37. The van der Waals surface area contributed by atoms with E-state index in [1.165, 1.54) is 0 Å². The first kappa shape index (κ1) is 14.1. The first-order chi connectivity index (χ1) is 8.82. The van der Waals surface area contributed by atoms with Crippen molar-refractivity contribution in [1.29, 1.82) is 0 Å². The van der Waals surface area contributed by atoms with Crippen LogP contribution in [0.5, 0.6) is 0 Å². The monoisotopic (exact) mass is 276 g/mol. The number of aromatic nitrogens is 1. The van der Waals surface area contributed by atoms with Crippen LogP contribution in [0.1, 0.15) is 39.0 Å². The highest BCUT2D eigenvalue weighted by Gasteiger charge is 2.18. The number of pyridine rings is 1. The van der Waals surface area contributed by atoms with Crippen LogP contribution in [-0.4, -0.2) is 11.5 Å². The van der Waals surface area contributed by atoms with Crippen molar-refractivity contribution in [2.75, 3.05) is 11.9 Å². The summed E-state index contributed by atoms with van der Waals surface area (Å²) in [5.74, 6) is 0. The average Bonchev–Trinajstić information content (AvgIpc) is 2.28. The van der Waals surface area contributed by atoms with Crippen molar-refractivity contribution in [3.05, 3.63) is 34.5 Å². The van der Waals surface area contributed by atoms with Crippen molar-refractivity contribution in [2.45, 2.75) is 40.0 Å². The number of rotatable bonds is 2. The van der Waals surface area contributed by atoms with Crippen molar-refractivity contribution in [3.8, 4) is 0 Å². The highest BCUT2D eigenvalue weighted by molar-refractivity contribution is 6.35. The van der Waals surface area contributed by atoms with Gasteiger partial charge in [-0.25, -0.2) is 0 Å². The minimum absolute atomic E-state index is 0.00652. The summed E-state index contributed by atoms with van der Waals surface area (Å²) in [5, 5.41) is 5.24. The number of nitrogens with zero attached hydrogens (tertiary/aromatic N) is 1. The number of hydrogen-bond donors (Lipinski definition) is 1. The normalized spacial score (nSPS) is 11.9. The Labute approximate surface area is 120 Å². The fraction of sp³-hybridized carbons (Fsp3) is 0.438. The van der Waals surface area contributed by atoms with Crippen molar-refractivity contribution in [1.82, 2.24) is 4.98 Å². The summed E-state index contributed by atoms with van der Waals surface area (Å²) in [6.07, 6.45) is 0. The van der Waals surface area contributed by atoms with Crippen LogP contribution in [0, 0.1) is 6.92 Å². The van der Waals surface area contributed by atoms with Crippen molar-refractivity contribution < 1.29 is 0 Å². The van der Waals surface area contributed by atoms with E-state index in [0.29, 0.717) is 0 Å². The molecule has 0 aliphatic heterocycles. The topological polar surface area (TPSA) is 24.9 Å². The van der Waals surface area contributed by atoms with Crippen molar-refractivity contribution in [2.24, 2.45) is 0 Å². The van der Waals surface area contributed by atoms with Gasteiger partial charge < -0.3 is 5.32 Å². The molecule has 1 aromatic carbocycles. The van der Waals surface area contributed by atoms with Crippen LogP contribution < -0.4 is 5.32 Å². The van der Waals surface area contributed by atoms with E-state index in [9.17, 15) is 0 Å². The number of fused-ring (bicyclic) bond motifs is 1. The molecule has 0 saturated carbocycles. The van der Waals surface area contributed by atoms with E-state index in [2.05, 4.69) is 52.1 Å². The molecule has 2 aromatic rings. The van der Waals surface area contributed by atoms with Crippen LogP contribution in [0.15, 0.2) is 18.2 Å². The lowest BCUT2D eigenvalue weighted by Gasteiger charge is -2.21. The van der Waals surface area contributed by atoms with Gasteiger partial charge in [-0.15, -0.1) is 0 Å². The molecule has 1 heterocycles. The van der Waals surface area contributed by atoms with E-state index in [-0.39, 0.29) is 5.41 Å². The van der Waals surface area contributed by atoms with E-state index in [1.807, 2.05) is 6.07 Å². The summed E-state index contributed by atoms with van der Waals surface area (Å²) < 4.78 is 0. The van der Waals surface area contributed by atoms with Crippen LogP contribution in [0.3, 0.4) is 0 Å². The van der Waals surface area contributed by atoms with E-state index in [4.69, 9.17) is 16.6 Å². The summed E-state index contributed by atoms with van der Waals surface area (Å²) in [4.78, 5) is 4.76. The van der Waals surface area contributed by atoms with Crippen molar-refractivity contribution >= 4 is 28.2 Å². The fourth-order valence-corrected chi connectivity index (χ4v) is 2.46. The van der Waals surface area contributed by atoms with Crippen LogP contribution in [0.2, 0.25) is 5.02 Å². The molecule has 3 heteroatoms. The van der Waals surface area contributed by atoms with Gasteiger partial charge in [0.2, 0.25) is 0 Å². The molecule has 102 valence electrons. The van der Waals surface area contributed by atoms with Crippen LogP contribution in [-0.2, 0) is 5.41 Å². The van der Waals surface area contributed by atoms with Gasteiger partial charge in [-0.1, -0.05) is 32.4 Å². The van der Waals surface area contributed by atoms with Gasteiger partial charge in [0.25, 0.3) is 0 Å². The number of hydrogen-bond acceptors (Lipinski definition) is 2. The molecule has 0 amide bonds. The Morgan fingerprint density at radius 2 is 1.89 bits per heavy atom. The van der Waals surface area contributed by atoms with Gasteiger partial charge in [-0.3, -0.25) is 4.98 Å². The molecule has 0 bridgehead atoms. The zero-order valence-electron chi connectivity index (χ0n) is 12.3. The summed E-state index contributed by atoms with van der Waals surface area (Å²) in [5.41, 5.74) is 4.22. The molecule has 2 rings (SSSR count). The SMILES string of the molecule is CCNc1cc(C(C)(C)C)nc2c(Cl)cc(C)cc12. The third-order valence-electron chi connectivity index (χ3n) is 3.15. The minimum atomic E-state index is 0.00652. The largest absolute Gasteiger partial charge is 0.385 e. The van der Waals surface area contributed by atoms with Crippen LogP contribution in [0.4, 0.5) is 5.69 Å². The maximum atomic E-state index is 6.37. The summed E-state index contributed by atoms with van der Waals surface area (Å²) >= 11 is 6.37. The molecule has 0 saturated heterocycles. The second-order valence-corrected chi connectivity index (χ2v) is 6.39. The lowest BCUT2D eigenvalue weighted by molar-refractivity contribution is 0.572. The molecular weight excluding hydrogens is 256 g/mol. The molecule has 0 fully saturated rings. The fourth-order valence-electron chi connectivity index (χ4n) is 2.14. The third-order valence-corrected chi connectivity index (χ3v) is 3.43. The zero-order valence-corrected chi connectivity index (χ0v) is 13.0. The molecular formula is C16H21ClN2. The second-order valence-electron chi connectivity index (χ2n) is 5.98. The van der Waals surface area contributed by atoms with Gasteiger partial charge in [0, 0.05) is 28.7 Å². The number of aryl methyl sites for hydroxylation is 1. The Hall–Kier alpha value is -1.28. The van der Waals surface area contributed by atoms with E-state index >= 15 is 0 Å². The number of anilines is 1. The van der Waals surface area contributed by atoms with E-state index in [0.717, 1.165) is 39.4 Å². The second kappa shape index (κ2) is 5.01. The minimum Gasteiger partial charge on any atom is -0.385 e. The van der Waals surface area contributed by atoms with Gasteiger partial charge in [-0.05, 0) is 37.6 Å². The molecule has 0 aliphatic carbocycles. The Balaban J connectivity index is 2.79. The maximum Gasteiger partial charge on any atom is 0.0912 e. The molecule has 1 N–H and O–H groups in total. The highest BCUT2D eigenvalue weighted by atomic mass is 35.5. The molecule has 0 aliphatic rings. The number of benzene rings is 1. The van der Waals surface area contributed by atoms with Gasteiger partial charge in [0.15, 0.2) is 0 Å². The molecule has 19 heavy (non-hydrogen) atoms. The standard InChI is InChI=1S/C16H21ClN2/c1-6-18-13-9-14(16(3,4)5)19-15-11(13)7-10(2)8-12(15)17/h7-9H,6H2,1-5H3,(H,18,19). The predicted molar refractivity (Wildman–Crippen MR) is 84.4 cm³/mol. The lowest BCUT2D eigenvalue weighted by atomic mass is 9.90. The number of halogens is 1.